The third-order valence-electron chi connectivity index (χ3n) is 1.75. The zero-order chi connectivity index (χ0) is 10.7. The fourth-order valence-electron chi connectivity index (χ4n) is 1.12. The van der Waals surface area contributed by atoms with Crippen LogP contribution in [0.3, 0.4) is 0 Å². The van der Waals surface area contributed by atoms with E-state index in [9.17, 15) is 13.2 Å². The van der Waals surface area contributed by atoms with Crippen molar-refractivity contribution in [2.75, 3.05) is 0 Å². The zero-order valence-corrected chi connectivity index (χ0v) is 8.77. The number of alkyl halides is 2. The van der Waals surface area contributed by atoms with Crippen LogP contribution in [0.4, 0.5) is 13.2 Å². The third-order valence-corrected chi connectivity index (χ3v) is 2.20. The van der Waals surface area contributed by atoms with Gasteiger partial charge in [-0.25, -0.2) is 13.2 Å². The Morgan fingerprint density at radius 1 is 1.29 bits per heavy atom. The first-order valence-corrected chi connectivity index (χ1v) is 4.78. The van der Waals surface area contributed by atoms with Crippen molar-refractivity contribution in [2.45, 2.75) is 18.9 Å². The molecular weight excluding hydrogens is 259 g/mol. The molecule has 0 aliphatic rings. The quantitative estimate of drug-likeness (QED) is 0.894. The molecular formula is C9H9BrF3N. The van der Waals surface area contributed by atoms with Gasteiger partial charge in [-0.15, -0.1) is 0 Å². The highest BCUT2D eigenvalue weighted by Crippen LogP contribution is 2.22. The fourth-order valence-corrected chi connectivity index (χ4v) is 1.60. The van der Waals surface area contributed by atoms with Crippen LogP contribution in [0.5, 0.6) is 0 Å². The van der Waals surface area contributed by atoms with Crippen molar-refractivity contribution in [3.8, 4) is 0 Å². The molecule has 1 nitrogen and oxygen atoms in total. The van der Waals surface area contributed by atoms with Crippen LogP contribution in [0.2, 0.25) is 0 Å². The molecule has 0 aliphatic heterocycles. The Morgan fingerprint density at radius 3 is 2.43 bits per heavy atom. The molecule has 14 heavy (non-hydrogen) atoms. The average Bonchev–Trinajstić information content (AvgIpc) is 2.00. The predicted molar refractivity (Wildman–Crippen MR) is 51.6 cm³/mol. The first-order chi connectivity index (χ1) is 6.49. The van der Waals surface area contributed by atoms with E-state index < -0.39 is 24.7 Å². The minimum absolute atomic E-state index is 0.372. The molecule has 0 fully saturated rings. The Morgan fingerprint density at radius 2 is 1.93 bits per heavy atom. The van der Waals surface area contributed by atoms with Gasteiger partial charge >= 0.3 is 0 Å². The topological polar surface area (TPSA) is 26.0 Å². The smallest absolute Gasteiger partial charge is 0.240 e. The van der Waals surface area contributed by atoms with Gasteiger partial charge in [0.15, 0.2) is 0 Å². The number of hydrogen-bond donors (Lipinski definition) is 1. The molecule has 0 amide bonds. The molecule has 1 aromatic rings. The van der Waals surface area contributed by atoms with Crippen molar-refractivity contribution in [2.24, 2.45) is 5.73 Å². The highest BCUT2D eigenvalue weighted by atomic mass is 79.9. The zero-order valence-electron chi connectivity index (χ0n) is 7.18. The maximum absolute atomic E-state index is 12.9. The van der Waals surface area contributed by atoms with Gasteiger partial charge in [0, 0.05) is 16.9 Å². The van der Waals surface area contributed by atoms with Crippen molar-refractivity contribution in [3.63, 3.8) is 0 Å². The maximum atomic E-state index is 12.9. The van der Waals surface area contributed by atoms with Crippen LogP contribution in [-0.4, -0.2) is 6.43 Å². The molecule has 0 saturated carbocycles. The highest BCUT2D eigenvalue weighted by molar-refractivity contribution is 9.10. The van der Waals surface area contributed by atoms with Crippen molar-refractivity contribution in [1.82, 2.24) is 0 Å². The first-order valence-electron chi connectivity index (χ1n) is 3.98. The molecule has 0 spiro atoms. The monoisotopic (exact) mass is 267 g/mol. The van der Waals surface area contributed by atoms with Crippen LogP contribution in [0.1, 0.15) is 18.0 Å². The average molecular weight is 268 g/mol. The van der Waals surface area contributed by atoms with E-state index in [-0.39, 0.29) is 0 Å². The number of nitrogens with two attached hydrogens (primary N) is 1. The van der Waals surface area contributed by atoms with Crippen LogP contribution < -0.4 is 5.73 Å². The summed E-state index contributed by atoms with van der Waals surface area (Å²) in [6, 6.07) is 3.12. The number of benzene rings is 1. The Bertz CT molecular complexity index is 297. The van der Waals surface area contributed by atoms with Gasteiger partial charge in [0.25, 0.3) is 0 Å². The van der Waals surface area contributed by atoms with Crippen LogP contribution in [0.15, 0.2) is 22.7 Å². The Kier molecular flexibility index (Phi) is 3.95. The maximum Gasteiger partial charge on any atom is 0.240 e. The van der Waals surface area contributed by atoms with Gasteiger partial charge < -0.3 is 5.73 Å². The molecule has 2 N–H and O–H groups in total. The largest absolute Gasteiger partial charge is 0.324 e. The number of hydrogen-bond acceptors (Lipinski definition) is 1. The lowest BCUT2D eigenvalue weighted by Crippen LogP contribution is -2.14. The van der Waals surface area contributed by atoms with Crippen LogP contribution in [0, 0.1) is 5.82 Å². The standard InChI is InChI=1S/C9H9BrF3N/c10-6-1-5(2-7(11)3-6)8(14)4-9(12)13/h1-3,8-9H,4,14H2/t8-/m0/s1. The lowest BCUT2D eigenvalue weighted by Gasteiger charge is -2.11. The minimum atomic E-state index is -2.48. The second-order valence-electron chi connectivity index (χ2n) is 2.94. The van der Waals surface area contributed by atoms with Gasteiger partial charge in [-0.1, -0.05) is 15.9 Å². The van der Waals surface area contributed by atoms with Crippen molar-refractivity contribution in [1.29, 1.82) is 0 Å². The SMILES string of the molecule is N[C@@H](CC(F)F)c1cc(F)cc(Br)c1. The lowest BCUT2D eigenvalue weighted by atomic mass is 10.1. The summed E-state index contributed by atoms with van der Waals surface area (Å²) in [5, 5.41) is 0. The summed E-state index contributed by atoms with van der Waals surface area (Å²) in [5.74, 6) is -0.487. The van der Waals surface area contributed by atoms with Crippen molar-refractivity contribution < 1.29 is 13.2 Å². The molecule has 0 saturated heterocycles. The summed E-state index contributed by atoms with van der Waals surface area (Å²) in [6.45, 7) is 0. The number of rotatable bonds is 3. The summed E-state index contributed by atoms with van der Waals surface area (Å²) in [6.07, 6.45) is -2.94. The van der Waals surface area contributed by atoms with Crippen molar-refractivity contribution >= 4 is 15.9 Å². The second-order valence-corrected chi connectivity index (χ2v) is 3.85. The van der Waals surface area contributed by atoms with E-state index in [0.29, 0.717) is 10.0 Å². The molecule has 0 bridgehead atoms. The van der Waals surface area contributed by atoms with Gasteiger partial charge in [0.1, 0.15) is 5.82 Å². The van der Waals surface area contributed by atoms with E-state index in [2.05, 4.69) is 15.9 Å². The Labute approximate surface area is 88.2 Å². The van der Waals surface area contributed by atoms with Gasteiger partial charge in [0.05, 0.1) is 0 Å². The fraction of sp³-hybridized carbons (Fsp3) is 0.333. The first kappa shape index (κ1) is 11.5. The molecule has 0 heterocycles. The Hall–Kier alpha value is -0.550. The highest BCUT2D eigenvalue weighted by Gasteiger charge is 2.13. The molecule has 0 radical (unpaired) electrons. The third kappa shape index (κ3) is 3.31. The van der Waals surface area contributed by atoms with Gasteiger partial charge in [-0.05, 0) is 23.8 Å². The van der Waals surface area contributed by atoms with Crippen molar-refractivity contribution in [3.05, 3.63) is 34.1 Å². The summed E-state index contributed by atoms with van der Waals surface area (Å²) in [5.41, 5.74) is 5.84. The molecule has 1 rings (SSSR count). The van der Waals surface area contributed by atoms with E-state index in [1.807, 2.05) is 0 Å². The van der Waals surface area contributed by atoms with E-state index >= 15 is 0 Å². The van der Waals surface area contributed by atoms with Crippen LogP contribution in [-0.2, 0) is 0 Å². The molecule has 78 valence electrons. The van der Waals surface area contributed by atoms with E-state index in [1.54, 1.807) is 0 Å². The van der Waals surface area contributed by atoms with Crippen LogP contribution in [0.25, 0.3) is 0 Å². The molecule has 1 atom stereocenters. The summed E-state index contributed by atoms with van der Waals surface area (Å²) in [4.78, 5) is 0. The summed E-state index contributed by atoms with van der Waals surface area (Å²) >= 11 is 3.06. The Balaban J connectivity index is 2.84. The summed E-state index contributed by atoms with van der Waals surface area (Å²) < 4.78 is 37.3. The van der Waals surface area contributed by atoms with E-state index in [1.165, 1.54) is 12.1 Å². The van der Waals surface area contributed by atoms with E-state index in [0.717, 1.165) is 6.07 Å². The number of halogens is 4. The van der Waals surface area contributed by atoms with Gasteiger partial charge in [-0.3, -0.25) is 0 Å². The predicted octanol–water partition coefficient (Wildman–Crippen LogP) is 3.24. The summed E-state index contributed by atoms with van der Waals surface area (Å²) in [7, 11) is 0. The molecule has 0 unspecified atom stereocenters. The van der Waals surface area contributed by atoms with Gasteiger partial charge in [0.2, 0.25) is 6.43 Å². The molecule has 1 aromatic carbocycles. The molecule has 5 heteroatoms. The van der Waals surface area contributed by atoms with E-state index in [4.69, 9.17) is 5.73 Å². The second kappa shape index (κ2) is 4.79. The van der Waals surface area contributed by atoms with Crippen LogP contribution >= 0.6 is 15.9 Å². The lowest BCUT2D eigenvalue weighted by molar-refractivity contribution is 0.128. The normalized spacial score (nSPS) is 13.3. The minimum Gasteiger partial charge on any atom is -0.324 e. The molecule has 0 aliphatic carbocycles. The molecule has 0 aromatic heterocycles. The van der Waals surface area contributed by atoms with Gasteiger partial charge in [-0.2, -0.15) is 0 Å².